The Morgan fingerprint density at radius 1 is 1.59 bits per heavy atom. The molecule has 1 aromatic rings. The first-order valence-corrected chi connectivity index (χ1v) is 4.97. The SMILES string of the molecule is COCC(C)(C)c1ncc(C=O)c(C(=O)O)n1. The number of aldehydes is 1. The molecule has 0 aliphatic carbocycles. The van der Waals surface area contributed by atoms with E-state index in [1.165, 1.54) is 6.20 Å². The Hall–Kier alpha value is -1.82. The topological polar surface area (TPSA) is 89.4 Å². The van der Waals surface area contributed by atoms with Crippen LogP contribution in [0.5, 0.6) is 0 Å². The van der Waals surface area contributed by atoms with Gasteiger partial charge in [-0.3, -0.25) is 4.79 Å². The van der Waals surface area contributed by atoms with E-state index in [0.717, 1.165) is 0 Å². The predicted molar refractivity (Wildman–Crippen MR) is 59.3 cm³/mol. The molecule has 0 atom stereocenters. The molecule has 1 heterocycles. The number of aromatic carboxylic acids is 1. The molecule has 1 rings (SSSR count). The van der Waals surface area contributed by atoms with Gasteiger partial charge in [-0.2, -0.15) is 0 Å². The number of hydrogen-bond acceptors (Lipinski definition) is 5. The Morgan fingerprint density at radius 3 is 2.71 bits per heavy atom. The summed E-state index contributed by atoms with van der Waals surface area (Å²) in [4.78, 5) is 29.5. The number of carboxylic acid groups (broad SMARTS) is 1. The zero-order valence-corrected chi connectivity index (χ0v) is 9.93. The Morgan fingerprint density at radius 2 is 2.24 bits per heavy atom. The molecule has 0 radical (unpaired) electrons. The fourth-order valence-corrected chi connectivity index (χ4v) is 1.40. The second-order valence-corrected chi connectivity index (χ2v) is 4.24. The van der Waals surface area contributed by atoms with Crippen molar-refractivity contribution in [2.24, 2.45) is 0 Å². The number of carbonyl (C=O) groups excluding carboxylic acids is 1. The second-order valence-electron chi connectivity index (χ2n) is 4.24. The molecule has 1 aromatic heterocycles. The number of ether oxygens (including phenoxy) is 1. The molecule has 0 aromatic carbocycles. The van der Waals surface area contributed by atoms with E-state index in [0.29, 0.717) is 18.7 Å². The van der Waals surface area contributed by atoms with Gasteiger partial charge in [0, 0.05) is 18.7 Å². The molecule has 1 N–H and O–H groups in total. The van der Waals surface area contributed by atoms with Crippen molar-refractivity contribution in [3.05, 3.63) is 23.3 Å². The summed E-state index contributed by atoms with van der Waals surface area (Å²) in [7, 11) is 1.54. The third-order valence-corrected chi connectivity index (χ3v) is 2.26. The van der Waals surface area contributed by atoms with Gasteiger partial charge in [0.1, 0.15) is 5.82 Å². The predicted octanol–water partition coefficient (Wildman–Crippen LogP) is 0.911. The van der Waals surface area contributed by atoms with Crippen LogP contribution in [0.25, 0.3) is 0 Å². The first-order chi connectivity index (χ1) is 7.92. The van der Waals surface area contributed by atoms with E-state index in [-0.39, 0.29) is 11.3 Å². The zero-order chi connectivity index (χ0) is 13.1. The summed E-state index contributed by atoms with van der Waals surface area (Å²) in [6.07, 6.45) is 1.65. The third kappa shape index (κ3) is 2.85. The summed E-state index contributed by atoms with van der Waals surface area (Å²) in [5, 5.41) is 8.94. The molecular weight excluding hydrogens is 224 g/mol. The number of hydrogen-bond donors (Lipinski definition) is 1. The van der Waals surface area contributed by atoms with Crippen LogP contribution in [0.15, 0.2) is 6.20 Å². The Bertz CT molecular complexity index is 443. The van der Waals surface area contributed by atoms with E-state index < -0.39 is 11.4 Å². The van der Waals surface area contributed by atoms with Gasteiger partial charge in [-0.25, -0.2) is 14.8 Å². The van der Waals surface area contributed by atoms with Crippen LogP contribution in [0.1, 0.15) is 40.5 Å². The van der Waals surface area contributed by atoms with E-state index in [9.17, 15) is 9.59 Å². The summed E-state index contributed by atoms with van der Waals surface area (Å²) < 4.78 is 5.02. The van der Waals surface area contributed by atoms with Crippen LogP contribution in [0, 0.1) is 0 Å². The largest absolute Gasteiger partial charge is 0.476 e. The average molecular weight is 238 g/mol. The van der Waals surface area contributed by atoms with Crippen molar-refractivity contribution >= 4 is 12.3 Å². The standard InChI is InChI=1S/C11H14N2O4/c1-11(2,6-17-3)10-12-4-7(5-14)8(13-10)9(15)16/h4-5H,6H2,1-3H3,(H,15,16). The van der Waals surface area contributed by atoms with Gasteiger partial charge in [0.25, 0.3) is 0 Å². The van der Waals surface area contributed by atoms with Gasteiger partial charge in [0.05, 0.1) is 12.2 Å². The van der Waals surface area contributed by atoms with E-state index >= 15 is 0 Å². The van der Waals surface area contributed by atoms with Crippen molar-refractivity contribution in [1.82, 2.24) is 9.97 Å². The highest BCUT2D eigenvalue weighted by Crippen LogP contribution is 2.20. The van der Waals surface area contributed by atoms with Crippen molar-refractivity contribution in [3.8, 4) is 0 Å². The van der Waals surface area contributed by atoms with Gasteiger partial charge in [0.15, 0.2) is 12.0 Å². The molecule has 92 valence electrons. The smallest absolute Gasteiger partial charge is 0.355 e. The molecule has 0 bridgehead atoms. The monoisotopic (exact) mass is 238 g/mol. The normalized spacial score (nSPS) is 11.2. The lowest BCUT2D eigenvalue weighted by molar-refractivity contribution is 0.0685. The van der Waals surface area contributed by atoms with Gasteiger partial charge in [-0.05, 0) is 0 Å². The lowest BCUT2D eigenvalue weighted by Crippen LogP contribution is -2.27. The minimum atomic E-state index is -1.25. The van der Waals surface area contributed by atoms with Crippen LogP contribution in [0.4, 0.5) is 0 Å². The Labute approximate surface area is 98.7 Å². The van der Waals surface area contributed by atoms with E-state index in [2.05, 4.69) is 9.97 Å². The highest BCUT2D eigenvalue weighted by atomic mass is 16.5. The molecule has 6 heteroatoms. The van der Waals surface area contributed by atoms with E-state index in [1.807, 2.05) is 13.8 Å². The number of rotatable bonds is 5. The molecule has 6 nitrogen and oxygen atoms in total. The van der Waals surface area contributed by atoms with Gasteiger partial charge >= 0.3 is 5.97 Å². The molecule has 0 saturated heterocycles. The Balaban J connectivity index is 3.25. The minimum Gasteiger partial charge on any atom is -0.476 e. The lowest BCUT2D eigenvalue weighted by Gasteiger charge is -2.21. The summed E-state index contributed by atoms with van der Waals surface area (Å²) >= 11 is 0. The Kier molecular flexibility index (Phi) is 3.90. The minimum absolute atomic E-state index is 0.0329. The molecular formula is C11H14N2O4. The molecule has 0 unspecified atom stereocenters. The first-order valence-electron chi connectivity index (χ1n) is 4.97. The quantitative estimate of drug-likeness (QED) is 0.767. The number of aromatic nitrogens is 2. The van der Waals surface area contributed by atoms with Crippen LogP contribution in [0.3, 0.4) is 0 Å². The summed E-state index contributed by atoms with van der Waals surface area (Å²) in [5.74, 6) is -0.911. The fraction of sp³-hybridized carbons (Fsp3) is 0.455. The summed E-state index contributed by atoms with van der Waals surface area (Å²) in [5.41, 5.74) is -0.830. The number of nitrogens with zero attached hydrogens (tertiary/aromatic N) is 2. The van der Waals surface area contributed by atoms with Crippen LogP contribution in [-0.2, 0) is 10.2 Å². The highest BCUT2D eigenvalue weighted by Gasteiger charge is 2.26. The average Bonchev–Trinajstić information content (AvgIpc) is 2.28. The third-order valence-electron chi connectivity index (χ3n) is 2.26. The fourth-order valence-electron chi connectivity index (χ4n) is 1.40. The van der Waals surface area contributed by atoms with Crippen LogP contribution >= 0.6 is 0 Å². The molecule has 0 aliphatic rings. The van der Waals surface area contributed by atoms with Gasteiger partial charge in [-0.1, -0.05) is 13.8 Å². The summed E-state index contributed by atoms with van der Waals surface area (Å²) in [6.45, 7) is 4.02. The molecule has 0 fully saturated rings. The molecule has 0 aliphatic heterocycles. The van der Waals surface area contributed by atoms with Crippen molar-refractivity contribution in [1.29, 1.82) is 0 Å². The van der Waals surface area contributed by atoms with Crippen LogP contribution in [-0.4, -0.2) is 41.0 Å². The second kappa shape index (κ2) is 5.01. The maximum absolute atomic E-state index is 10.9. The van der Waals surface area contributed by atoms with Crippen molar-refractivity contribution in [2.45, 2.75) is 19.3 Å². The maximum Gasteiger partial charge on any atom is 0.355 e. The molecule has 0 saturated carbocycles. The lowest BCUT2D eigenvalue weighted by atomic mass is 9.93. The molecule has 0 amide bonds. The van der Waals surface area contributed by atoms with Crippen molar-refractivity contribution < 1.29 is 19.4 Å². The zero-order valence-electron chi connectivity index (χ0n) is 9.93. The van der Waals surface area contributed by atoms with Crippen molar-refractivity contribution in [3.63, 3.8) is 0 Å². The van der Waals surface area contributed by atoms with Crippen LogP contribution in [0.2, 0.25) is 0 Å². The number of carbonyl (C=O) groups is 2. The van der Waals surface area contributed by atoms with E-state index in [1.54, 1.807) is 7.11 Å². The van der Waals surface area contributed by atoms with E-state index in [4.69, 9.17) is 9.84 Å². The highest BCUT2D eigenvalue weighted by molar-refractivity contribution is 5.94. The maximum atomic E-state index is 10.9. The van der Waals surface area contributed by atoms with Gasteiger partial charge < -0.3 is 9.84 Å². The number of methoxy groups -OCH3 is 1. The number of carboxylic acids is 1. The molecule has 17 heavy (non-hydrogen) atoms. The van der Waals surface area contributed by atoms with Gasteiger partial charge in [0.2, 0.25) is 0 Å². The first kappa shape index (κ1) is 13.2. The summed E-state index contributed by atoms with van der Waals surface area (Å²) in [6, 6.07) is 0. The van der Waals surface area contributed by atoms with Crippen molar-refractivity contribution in [2.75, 3.05) is 13.7 Å². The van der Waals surface area contributed by atoms with Gasteiger partial charge in [-0.15, -0.1) is 0 Å². The molecule has 0 spiro atoms. The van der Waals surface area contributed by atoms with Crippen LogP contribution < -0.4 is 0 Å².